The van der Waals surface area contributed by atoms with Crippen molar-refractivity contribution in [1.82, 2.24) is 4.98 Å². The maximum Gasteiger partial charge on any atom is 0.418 e. The second-order valence-corrected chi connectivity index (χ2v) is 5.04. The summed E-state index contributed by atoms with van der Waals surface area (Å²) in [7, 11) is 0. The van der Waals surface area contributed by atoms with Crippen LogP contribution in [0, 0.1) is 6.92 Å². The van der Waals surface area contributed by atoms with E-state index in [1.807, 2.05) is 13.8 Å². The lowest BCUT2D eigenvalue weighted by molar-refractivity contribution is -0.138. The van der Waals surface area contributed by atoms with E-state index < -0.39 is 11.7 Å². The molecule has 0 bridgehead atoms. The lowest BCUT2D eigenvalue weighted by Crippen LogP contribution is -2.09. The number of hydrogen-bond acceptors (Lipinski definition) is 2. The molecule has 0 radical (unpaired) electrons. The van der Waals surface area contributed by atoms with Crippen LogP contribution in [0.1, 0.15) is 25.1 Å². The van der Waals surface area contributed by atoms with E-state index in [0.29, 0.717) is 10.3 Å². The Kier molecular flexibility index (Phi) is 3.65. The van der Waals surface area contributed by atoms with Gasteiger partial charge < -0.3 is 0 Å². The lowest BCUT2D eigenvalue weighted by atomic mass is 10.2. The molecule has 84 valence electrons. The van der Waals surface area contributed by atoms with Crippen molar-refractivity contribution in [3.05, 3.63) is 23.4 Å². The number of alkyl halides is 3. The first kappa shape index (κ1) is 12.4. The number of halogens is 3. The Hall–Kier alpha value is -0.710. The maximum absolute atomic E-state index is 12.4. The summed E-state index contributed by atoms with van der Waals surface area (Å²) in [6.07, 6.45) is -4.31. The molecule has 0 fully saturated rings. The van der Waals surface area contributed by atoms with Gasteiger partial charge >= 0.3 is 6.18 Å². The molecule has 0 saturated heterocycles. The van der Waals surface area contributed by atoms with Crippen LogP contribution in [0.2, 0.25) is 0 Å². The van der Waals surface area contributed by atoms with Crippen LogP contribution < -0.4 is 0 Å². The Labute approximate surface area is 91.1 Å². The van der Waals surface area contributed by atoms with Crippen molar-refractivity contribution in [3.8, 4) is 0 Å². The van der Waals surface area contributed by atoms with Crippen LogP contribution in [0.15, 0.2) is 17.2 Å². The molecule has 0 spiro atoms. The van der Waals surface area contributed by atoms with Crippen LogP contribution >= 0.6 is 11.8 Å². The van der Waals surface area contributed by atoms with E-state index >= 15 is 0 Å². The van der Waals surface area contributed by atoms with Crippen LogP contribution in [0.5, 0.6) is 0 Å². The second-order valence-electron chi connectivity index (χ2n) is 3.45. The third-order valence-electron chi connectivity index (χ3n) is 1.72. The fourth-order valence-electron chi connectivity index (χ4n) is 1.14. The number of aromatic nitrogens is 1. The molecule has 5 heteroatoms. The van der Waals surface area contributed by atoms with Gasteiger partial charge in [-0.2, -0.15) is 13.2 Å². The number of rotatable bonds is 2. The smallest absolute Gasteiger partial charge is 0.246 e. The molecule has 0 aliphatic carbocycles. The van der Waals surface area contributed by atoms with E-state index in [4.69, 9.17) is 0 Å². The van der Waals surface area contributed by atoms with Crippen molar-refractivity contribution in [2.75, 3.05) is 0 Å². The summed E-state index contributed by atoms with van der Waals surface area (Å²) in [5.41, 5.74) is -0.622. The maximum atomic E-state index is 12.4. The van der Waals surface area contributed by atoms with Gasteiger partial charge in [-0.1, -0.05) is 13.8 Å². The van der Waals surface area contributed by atoms with Crippen molar-refractivity contribution < 1.29 is 13.2 Å². The topological polar surface area (TPSA) is 12.9 Å². The van der Waals surface area contributed by atoms with Gasteiger partial charge in [0.15, 0.2) is 0 Å². The first-order valence-electron chi connectivity index (χ1n) is 4.52. The highest BCUT2D eigenvalue weighted by atomic mass is 32.2. The normalized spacial score (nSPS) is 12.2. The van der Waals surface area contributed by atoms with Gasteiger partial charge in [-0.25, -0.2) is 4.98 Å². The Bertz CT molecular complexity index is 347. The Morgan fingerprint density at radius 1 is 1.27 bits per heavy atom. The second kappa shape index (κ2) is 4.43. The van der Waals surface area contributed by atoms with Gasteiger partial charge in [-0.15, -0.1) is 11.8 Å². The number of hydrogen-bond donors (Lipinski definition) is 0. The number of thioether (sulfide) groups is 1. The minimum Gasteiger partial charge on any atom is -0.246 e. The van der Waals surface area contributed by atoms with E-state index in [0.717, 1.165) is 6.07 Å². The minimum atomic E-state index is -4.31. The molecule has 0 aliphatic heterocycles. The van der Waals surface area contributed by atoms with Crippen molar-refractivity contribution in [2.24, 2.45) is 0 Å². The van der Waals surface area contributed by atoms with Crippen LogP contribution in [-0.4, -0.2) is 10.2 Å². The molecule has 1 aromatic rings. The third-order valence-corrected chi connectivity index (χ3v) is 2.66. The molecule has 0 unspecified atom stereocenters. The molecule has 0 saturated carbocycles. The van der Waals surface area contributed by atoms with Gasteiger partial charge in [-0.3, -0.25) is 0 Å². The Morgan fingerprint density at radius 2 is 1.87 bits per heavy atom. The van der Waals surface area contributed by atoms with Crippen molar-refractivity contribution in [2.45, 2.75) is 37.2 Å². The van der Waals surface area contributed by atoms with Crippen molar-refractivity contribution in [3.63, 3.8) is 0 Å². The molecular formula is C10H12F3NS. The molecular weight excluding hydrogens is 223 g/mol. The van der Waals surface area contributed by atoms with Crippen LogP contribution in [0.3, 0.4) is 0 Å². The molecule has 0 aliphatic rings. The fraction of sp³-hybridized carbons (Fsp3) is 0.500. The van der Waals surface area contributed by atoms with Gasteiger partial charge in [0.1, 0.15) is 0 Å². The van der Waals surface area contributed by atoms with Gasteiger partial charge in [0.2, 0.25) is 0 Å². The molecule has 0 amide bonds. The van der Waals surface area contributed by atoms with Gasteiger partial charge in [0.25, 0.3) is 0 Å². The zero-order valence-corrected chi connectivity index (χ0v) is 9.54. The molecule has 1 heterocycles. The fourth-order valence-corrected chi connectivity index (χ4v) is 1.96. The van der Waals surface area contributed by atoms with Gasteiger partial charge in [0.05, 0.1) is 16.3 Å². The molecule has 1 rings (SSSR count). The highest BCUT2D eigenvalue weighted by Gasteiger charge is 2.32. The summed E-state index contributed by atoms with van der Waals surface area (Å²) in [4.78, 5) is 3.92. The lowest BCUT2D eigenvalue weighted by Gasteiger charge is -2.11. The first-order valence-corrected chi connectivity index (χ1v) is 5.40. The van der Waals surface area contributed by atoms with Gasteiger partial charge in [0, 0.05) is 5.25 Å². The first-order chi connectivity index (χ1) is 6.80. The van der Waals surface area contributed by atoms with E-state index in [1.165, 1.54) is 24.8 Å². The summed E-state index contributed by atoms with van der Waals surface area (Å²) < 4.78 is 37.2. The van der Waals surface area contributed by atoms with E-state index in [-0.39, 0.29) is 5.69 Å². The summed E-state index contributed by atoms with van der Waals surface area (Å²) in [5, 5.41) is 0.948. The highest BCUT2D eigenvalue weighted by molar-refractivity contribution is 7.99. The predicted octanol–water partition coefficient (Wildman–Crippen LogP) is 3.91. The third kappa shape index (κ3) is 3.41. The van der Waals surface area contributed by atoms with E-state index in [9.17, 15) is 13.2 Å². The zero-order valence-electron chi connectivity index (χ0n) is 8.72. The Morgan fingerprint density at radius 3 is 2.27 bits per heavy atom. The molecule has 0 N–H and O–H groups in total. The zero-order chi connectivity index (χ0) is 11.6. The predicted molar refractivity (Wildman–Crippen MR) is 55.0 cm³/mol. The summed E-state index contributed by atoms with van der Waals surface area (Å²) in [5.74, 6) is 0. The SMILES string of the molecule is Cc1nc(SC(C)C)ccc1C(F)(F)F. The average molecular weight is 235 g/mol. The molecule has 1 nitrogen and oxygen atoms in total. The standard InChI is InChI=1S/C10H12F3NS/c1-6(2)15-9-5-4-8(7(3)14-9)10(11,12)13/h4-6H,1-3H3. The number of aryl methyl sites for hydroxylation is 1. The van der Waals surface area contributed by atoms with Crippen LogP contribution in [-0.2, 0) is 6.18 Å². The molecule has 0 atom stereocenters. The quantitative estimate of drug-likeness (QED) is 0.721. The summed E-state index contributed by atoms with van der Waals surface area (Å²) >= 11 is 1.45. The molecule has 1 aromatic heterocycles. The Balaban J connectivity index is 2.99. The van der Waals surface area contributed by atoms with Crippen molar-refractivity contribution >= 4 is 11.8 Å². The highest BCUT2D eigenvalue weighted by Crippen LogP contribution is 2.32. The van der Waals surface area contributed by atoms with E-state index in [2.05, 4.69) is 4.98 Å². The summed E-state index contributed by atoms with van der Waals surface area (Å²) in [6.45, 7) is 5.33. The average Bonchev–Trinajstić information content (AvgIpc) is 1.99. The number of pyridine rings is 1. The summed E-state index contributed by atoms with van der Waals surface area (Å²) in [6, 6.07) is 2.51. The molecule has 15 heavy (non-hydrogen) atoms. The number of nitrogens with zero attached hydrogens (tertiary/aromatic N) is 1. The monoisotopic (exact) mass is 235 g/mol. The minimum absolute atomic E-state index is 0.0353. The largest absolute Gasteiger partial charge is 0.418 e. The van der Waals surface area contributed by atoms with Gasteiger partial charge in [-0.05, 0) is 19.1 Å². The van der Waals surface area contributed by atoms with Crippen LogP contribution in [0.4, 0.5) is 13.2 Å². The van der Waals surface area contributed by atoms with Crippen LogP contribution in [0.25, 0.3) is 0 Å². The van der Waals surface area contributed by atoms with Crippen molar-refractivity contribution in [1.29, 1.82) is 0 Å². The van der Waals surface area contributed by atoms with E-state index in [1.54, 1.807) is 0 Å². The molecule has 0 aromatic carbocycles.